The molecule has 24 heavy (non-hydrogen) atoms. The van der Waals surface area contributed by atoms with Crippen molar-refractivity contribution in [2.24, 2.45) is 0 Å². The fourth-order valence-corrected chi connectivity index (χ4v) is 2.52. The highest BCUT2D eigenvalue weighted by atomic mass is 19.1. The molecule has 0 aliphatic rings. The van der Waals surface area contributed by atoms with Crippen molar-refractivity contribution in [3.05, 3.63) is 78.1 Å². The molecular formula is C18H19FN4O. The topological polar surface area (TPSA) is 63.0 Å². The molecule has 2 N–H and O–H groups in total. The average Bonchev–Trinajstić information content (AvgIpc) is 3.14. The third-order valence-electron chi connectivity index (χ3n) is 3.96. The predicted molar refractivity (Wildman–Crippen MR) is 89.1 cm³/mol. The largest absolute Gasteiger partial charge is 0.387 e. The molecule has 1 heterocycles. The van der Waals surface area contributed by atoms with Crippen LogP contribution < -0.4 is 5.32 Å². The number of rotatable bonds is 6. The summed E-state index contributed by atoms with van der Waals surface area (Å²) in [6.45, 7) is 2.27. The number of nitrogens with zero attached hydrogens (tertiary/aromatic N) is 3. The van der Waals surface area contributed by atoms with Gasteiger partial charge in [0.05, 0.1) is 11.8 Å². The minimum absolute atomic E-state index is 0.0243. The third kappa shape index (κ3) is 3.67. The van der Waals surface area contributed by atoms with Gasteiger partial charge >= 0.3 is 0 Å². The second kappa shape index (κ2) is 7.33. The molecule has 0 saturated carbocycles. The van der Waals surface area contributed by atoms with Gasteiger partial charge in [0.2, 0.25) is 0 Å². The molecule has 0 aliphatic heterocycles. The van der Waals surface area contributed by atoms with E-state index in [2.05, 4.69) is 15.4 Å². The van der Waals surface area contributed by atoms with Crippen LogP contribution in [-0.2, 0) is 0 Å². The van der Waals surface area contributed by atoms with Gasteiger partial charge in [0, 0.05) is 18.2 Å². The van der Waals surface area contributed by atoms with Crippen LogP contribution in [0.2, 0.25) is 0 Å². The Balaban J connectivity index is 1.61. The molecule has 2 unspecified atom stereocenters. The lowest BCUT2D eigenvalue weighted by Crippen LogP contribution is -2.25. The zero-order valence-corrected chi connectivity index (χ0v) is 13.3. The van der Waals surface area contributed by atoms with Crippen molar-refractivity contribution in [1.29, 1.82) is 0 Å². The van der Waals surface area contributed by atoms with Crippen LogP contribution in [0.4, 0.5) is 4.39 Å². The lowest BCUT2D eigenvalue weighted by atomic mass is 10.1. The Hall–Kier alpha value is -2.57. The van der Waals surface area contributed by atoms with Crippen molar-refractivity contribution in [2.45, 2.75) is 19.1 Å². The first kappa shape index (κ1) is 16.3. The van der Waals surface area contributed by atoms with E-state index in [0.717, 1.165) is 11.3 Å². The second-order valence-electron chi connectivity index (χ2n) is 5.60. The Morgan fingerprint density at radius 1 is 1.17 bits per heavy atom. The normalized spacial score (nSPS) is 13.6. The quantitative estimate of drug-likeness (QED) is 0.731. The fraction of sp³-hybridized carbons (Fsp3) is 0.222. The smallest absolute Gasteiger partial charge is 0.138 e. The molecule has 5 nitrogen and oxygen atoms in total. The van der Waals surface area contributed by atoms with Crippen molar-refractivity contribution in [2.75, 3.05) is 6.54 Å². The maximum absolute atomic E-state index is 13.7. The molecule has 0 fully saturated rings. The van der Waals surface area contributed by atoms with Gasteiger partial charge in [0.15, 0.2) is 0 Å². The van der Waals surface area contributed by atoms with Crippen molar-refractivity contribution in [3.8, 4) is 5.69 Å². The summed E-state index contributed by atoms with van der Waals surface area (Å²) in [7, 11) is 0. The molecule has 1 aromatic heterocycles. The Morgan fingerprint density at radius 2 is 1.92 bits per heavy atom. The van der Waals surface area contributed by atoms with Crippen LogP contribution in [0.15, 0.2) is 61.2 Å². The number of hydrogen-bond acceptors (Lipinski definition) is 4. The molecule has 3 rings (SSSR count). The van der Waals surface area contributed by atoms with Gasteiger partial charge in [0.1, 0.15) is 18.5 Å². The monoisotopic (exact) mass is 326 g/mol. The number of benzene rings is 2. The summed E-state index contributed by atoms with van der Waals surface area (Å²) < 4.78 is 15.3. The van der Waals surface area contributed by atoms with E-state index in [-0.39, 0.29) is 12.6 Å². The van der Waals surface area contributed by atoms with E-state index in [1.165, 1.54) is 12.4 Å². The van der Waals surface area contributed by atoms with Crippen molar-refractivity contribution in [1.82, 2.24) is 20.1 Å². The number of aliphatic hydroxyl groups excluding tert-OH is 1. The molecule has 0 bridgehead atoms. The van der Waals surface area contributed by atoms with Crippen molar-refractivity contribution < 1.29 is 9.50 Å². The van der Waals surface area contributed by atoms with Crippen LogP contribution in [0, 0.1) is 5.82 Å². The first-order chi connectivity index (χ1) is 11.6. The highest BCUT2D eigenvalue weighted by Crippen LogP contribution is 2.19. The fourth-order valence-electron chi connectivity index (χ4n) is 2.52. The number of aromatic nitrogens is 3. The molecular weight excluding hydrogens is 307 g/mol. The predicted octanol–water partition coefficient (Wildman–Crippen LogP) is 2.79. The minimum atomic E-state index is -0.886. The number of aliphatic hydroxyl groups is 1. The number of halogens is 1. The molecule has 0 spiro atoms. The first-order valence-electron chi connectivity index (χ1n) is 7.76. The SMILES string of the molecule is CC(NCC(O)c1ccccc1F)c1ccc(-n2cncn2)cc1. The molecule has 2 atom stereocenters. The summed E-state index contributed by atoms with van der Waals surface area (Å²) in [6, 6.07) is 14.2. The zero-order chi connectivity index (χ0) is 16.9. The molecule has 124 valence electrons. The molecule has 3 aromatic rings. The first-order valence-corrected chi connectivity index (χ1v) is 7.76. The number of nitrogens with one attached hydrogen (secondary N) is 1. The van der Waals surface area contributed by atoms with Crippen LogP contribution in [0.1, 0.15) is 30.2 Å². The zero-order valence-electron chi connectivity index (χ0n) is 13.3. The van der Waals surface area contributed by atoms with Gasteiger partial charge in [-0.1, -0.05) is 30.3 Å². The molecule has 0 radical (unpaired) electrons. The summed E-state index contributed by atoms with van der Waals surface area (Å²) in [4.78, 5) is 3.92. The van der Waals surface area contributed by atoms with E-state index in [0.29, 0.717) is 5.56 Å². The average molecular weight is 326 g/mol. The van der Waals surface area contributed by atoms with E-state index < -0.39 is 11.9 Å². The second-order valence-corrected chi connectivity index (χ2v) is 5.60. The van der Waals surface area contributed by atoms with E-state index in [1.54, 1.807) is 29.2 Å². The van der Waals surface area contributed by atoms with Crippen LogP contribution in [0.3, 0.4) is 0 Å². The standard InChI is InChI=1S/C18H19FN4O/c1-13(21-10-18(24)16-4-2-3-5-17(16)19)14-6-8-15(9-7-14)23-12-20-11-22-23/h2-9,11-13,18,21,24H,10H2,1H3. The van der Waals surface area contributed by atoms with Crippen molar-refractivity contribution >= 4 is 0 Å². The third-order valence-corrected chi connectivity index (χ3v) is 3.96. The van der Waals surface area contributed by atoms with E-state index in [9.17, 15) is 9.50 Å². The molecule has 6 heteroatoms. The Labute approximate surface area is 139 Å². The van der Waals surface area contributed by atoms with Crippen LogP contribution in [0.25, 0.3) is 5.69 Å². The molecule has 0 saturated heterocycles. The molecule has 2 aromatic carbocycles. The summed E-state index contributed by atoms with van der Waals surface area (Å²) in [6.07, 6.45) is 2.24. The highest BCUT2D eigenvalue weighted by molar-refractivity contribution is 5.34. The Morgan fingerprint density at radius 3 is 2.58 bits per heavy atom. The lowest BCUT2D eigenvalue weighted by molar-refractivity contribution is 0.166. The van der Waals surface area contributed by atoms with Gasteiger partial charge in [-0.3, -0.25) is 0 Å². The summed E-state index contributed by atoms with van der Waals surface area (Å²) >= 11 is 0. The van der Waals surface area contributed by atoms with Gasteiger partial charge in [-0.2, -0.15) is 5.10 Å². The molecule has 0 amide bonds. The Kier molecular flexibility index (Phi) is 4.98. The van der Waals surface area contributed by atoms with E-state index in [4.69, 9.17) is 0 Å². The van der Waals surface area contributed by atoms with E-state index >= 15 is 0 Å². The van der Waals surface area contributed by atoms with Crippen LogP contribution in [-0.4, -0.2) is 26.4 Å². The minimum Gasteiger partial charge on any atom is -0.387 e. The summed E-state index contributed by atoms with van der Waals surface area (Å²) in [5, 5.41) is 17.5. The highest BCUT2D eigenvalue weighted by Gasteiger charge is 2.14. The lowest BCUT2D eigenvalue weighted by Gasteiger charge is -2.18. The maximum Gasteiger partial charge on any atom is 0.138 e. The van der Waals surface area contributed by atoms with Gasteiger partial charge in [-0.15, -0.1) is 0 Å². The summed E-state index contributed by atoms with van der Waals surface area (Å²) in [5.41, 5.74) is 2.30. The van der Waals surface area contributed by atoms with Gasteiger partial charge in [-0.25, -0.2) is 14.1 Å². The summed E-state index contributed by atoms with van der Waals surface area (Å²) in [5.74, 6) is -0.392. The van der Waals surface area contributed by atoms with Gasteiger partial charge < -0.3 is 10.4 Å². The van der Waals surface area contributed by atoms with Crippen LogP contribution in [0.5, 0.6) is 0 Å². The van der Waals surface area contributed by atoms with E-state index in [1.807, 2.05) is 31.2 Å². The Bertz CT molecular complexity index is 774. The van der Waals surface area contributed by atoms with Crippen LogP contribution >= 0.6 is 0 Å². The van der Waals surface area contributed by atoms with Gasteiger partial charge in [0.25, 0.3) is 0 Å². The molecule has 0 aliphatic carbocycles. The van der Waals surface area contributed by atoms with Crippen molar-refractivity contribution in [3.63, 3.8) is 0 Å². The maximum atomic E-state index is 13.7. The van der Waals surface area contributed by atoms with Gasteiger partial charge in [-0.05, 0) is 30.7 Å². The number of hydrogen-bond donors (Lipinski definition) is 2.